The van der Waals surface area contributed by atoms with Crippen LogP contribution in [0.2, 0.25) is 0 Å². The summed E-state index contributed by atoms with van der Waals surface area (Å²) < 4.78 is 0. The number of hydrogen-bond donors (Lipinski definition) is 2. The van der Waals surface area contributed by atoms with E-state index in [1.165, 1.54) is 0 Å². The van der Waals surface area contributed by atoms with Gasteiger partial charge in [-0.15, -0.1) is 0 Å². The van der Waals surface area contributed by atoms with Crippen LogP contribution in [0, 0.1) is 17.8 Å². The molecule has 1 amide bonds. The van der Waals surface area contributed by atoms with Gasteiger partial charge < -0.3 is 10.4 Å². The first kappa shape index (κ1) is 11.4. The molecule has 0 heterocycles. The monoisotopic (exact) mass is 225 g/mol. The maximum atomic E-state index is 11.8. The quantitative estimate of drug-likeness (QED) is 0.743. The summed E-state index contributed by atoms with van der Waals surface area (Å²) >= 11 is 0. The van der Waals surface area contributed by atoms with Gasteiger partial charge >= 0.3 is 5.97 Å². The molecular formula is C12H19NO3. The van der Waals surface area contributed by atoms with Crippen molar-refractivity contribution in [1.82, 2.24) is 5.32 Å². The molecule has 90 valence electrons. The standard InChI is InChI=1S/C12H19NO3/c1-7-4-9(5-7)12(16)13-10(6-11(14)15)8-2-3-8/h7-10H,2-6H2,1H3,(H,13,16)(H,14,15). The molecule has 1 atom stereocenters. The van der Waals surface area contributed by atoms with Gasteiger partial charge in [0.15, 0.2) is 0 Å². The number of carboxylic acids is 1. The summed E-state index contributed by atoms with van der Waals surface area (Å²) in [5.41, 5.74) is 0. The van der Waals surface area contributed by atoms with E-state index in [1.54, 1.807) is 0 Å². The fraction of sp³-hybridized carbons (Fsp3) is 0.833. The van der Waals surface area contributed by atoms with Crippen LogP contribution in [-0.2, 0) is 9.59 Å². The zero-order valence-corrected chi connectivity index (χ0v) is 9.61. The van der Waals surface area contributed by atoms with E-state index in [2.05, 4.69) is 12.2 Å². The van der Waals surface area contributed by atoms with Gasteiger partial charge in [0.25, 0.3) is 0 Å². The van der Waals surface area contributed by atoms with Crippen LogP contribution in [0.1, 0.15) is 39.0 Å². The lowest BCUT2D eigenvalue weighted by Gasteiger charge is -2.32. The SMILES string of the molecule is CC1CC(C(=O)NC(CC(=O)O)C2CC2)C1. The minimum absolute atomic E-state index is 0.0660. The van der Waals surface area contributed by atoms with Crippen LogP contribution in [0.15, 0.2) is 0 Å². The average Bonchev–Trinajstić information content (AvgIpc) is 2.93. The van der Waals surface area contributed by atoms with E-state index in [-0.39, 0.29) is 24.3 Å². The van der Waals surface area contributed by atoms with E-state index < -0.39 is 5.97 Å². The van der Waals surface area contributed by atoms with Crippen molar-refractivity contribution in [3.05, 3.63) is 0 Å². The molecule has 0 spiro atoms. The summed E-state index contributed by atoms with van der Waals surface area (Å²) in [7, 11) is 0. The third-order valence-electron chi connectivity index (χ3n) is 3.66. The predicted octanol–water partition coefficient (Wildman–Crippen LogP) is 1.40. The molecule has 16 heavy (non-hydrogen) atoms. The zero-order valence-electron chi connectivity index (χ0n) is 9.61. The fourth-order valence-electron chi connectivity index (χ4n) is 2.44. The van der Waals surface area contributed by atoms with Crippen molar-refractivity contribution in [3.8, 4) is 0 Å². The number of aliphatic carboxylic acids is 1. The van der Waals surface area contributed by atoms with Crippen LogP contribution in [0.5, 0.6) is 0 Å². The second-order valence-electron chi connectivity index (χ2n) is 5.32. The third kappa shape index (κ3) is 2.74. The minimum Gasteiger partial charge on any atom is -0.481 e. The minimum atomic E-state index is -0.820. The summed E-state index contributed by atoms with van der Waals surface area (Å²) in [4.78, 5) is 22.5. The van der Waals surface area contributed by atoms with Gasteiger partial charge in [0.2, 0.25) is 5.91 Å². The second kappa shape index (κ2) is 4.44. The maximum Gasteiger partial charge on any atom is 0.305 e. The van der Waals surface area contributed by atoms with Gasteiger partial charge in [0.1, 0.15) is 0 Å². The molecular weight excluding hydrogens is 206 g/mol. The molecule has 0 bridgehead atoms. The first-order valence-electron chi connectivity index (χ1n) is 6.08. The molecule has 0 saturated heterocycles. The van der Waals surface area contributed by atoms with Gasteiger partial charge in [-0.1, -0.05) is 6.92 Å². The molecule has 2 aliphatic carbocycles. The first-order valence-corrected chi connectivity index (χ1v) is 6.08. The van der Waals surface area contributed by atoms with Crippen LogP contribution >= 0.6 is 0 Å². The van der Waals surface area contributed by atoms with Crippen LogP contribution in [-0.4, -0.2) is 23.0 Å². The highest BCUT2D eigenvalue weighted by molar-refractivity contribution is 5.80. The number of carboxylic acid groups (broad SMARTS) is 1. The van der Waals surface area contributed by atoms with Crippen molar-refractivity contribution in [2.24, 2.45) is 17.8 Å². The molecule has 0 aromatic carbocycles. The topological polar surface area (TPSA) is 66.4 Å². The van der Waals surface area contributed by atoms with Gasteiger partial charge in [-0.3, -0.25) is 9.59 Å². The van der Waals surface area contributed by atoms with Crippen molar-refractivity contribution in [2.75, 3.05) is 0 Å². The smallest absolute Gasteiger partial charge is 0.305 e. The number of hydrogen-bond acceptors (Lipinski definition) is 2. The highest BCUT2D eigenvalue weighted by Gasteiger charge is 2.37. The van der Waals surface area contributed by atoms with Crippen LogP contribution in [0.25, 0.3) is 0 Å². The molecule has 4 nitrogen and oxygen atoms in total. The number of amides is 1. The Kier molecular flexibility index (Phi) is 3.17. The number of carbonyl (C=O) groups excluding carboxylic acids is 1. The molecule has 0 aliphatic heterocycles. The first-order chi connectivity index (χ1) is 7.56. The molecule has 2 rings (SSSR count). The molecule has 0 radical (unpaired) electrons. The number of rotatable bonds is 5. The number of carbonyl (C=O) groups is 2. The Morgan fingerprint density at radius 1 is 1.38 bits per heavy atom. The Labute approximate surface area is 95.4 Å². The number of nitrogens with one attached hydrogen (secondary N) is 1. The lowest BCUT2D eigenvalue weighted by atomic mass is 9.75. The second-order valence-corrected chi connectivity index (χ2v) is 5.32. The lowest BCUT2D eigenvalue weighted by molar-refractivity contribution is -0.138. The Morgan fingerprint density at radius 3 is 2.44 bits per heavy atom. The van der Waals surface area contributed by atoms with E-state index in [9.17, 15) is 9.59 Å². The molecule has 2 aliphatic rings. The summed E-state index contributed by atoms with van der Waals surface area (Å²) in [6.07, 6.45) is 4.09. The van der Waals surface area contributed by atoms with Gasteiger partial charge in [-0.25, -0.2) is 0 Å². The van der Waals surface area contributed by atoms with Gasteiger partial charge in [0.05, 0.1) is 6.42 Å². The summed E-state index contributed by atoms with van der Waals surface area (Å²) in [6, 6.07) is -0.138. The summed E-state index contributed by atoms with van der Waals surface area (Å²) in [5, 5.41) is 11.7. The van der Waals surface area contributed by atoms with Crippen LogP contribution < -0.4 is 5.32 Å². The highest BCUT2D eigenvalue weighted by Crippen LogP contribution is 2.36. The average molecular weight is 225 g/mol. The van der Waals surface area contributed by atoms with Gasteiger partial charge in [-0.2, -0.15) is 0 Å². The van der Waals surface area contributed by atoms with Crippen LogP contribution in [0.4, 0.5) is 0 Å². The Morgan fingerprint density at radius 2 is 2.00 bits per heavy atom. The molecule has 0 aromatic heterocycles. The molecule has 2 N–H and O–H groups in total. The Balaban J connectivity index is 1.80. The normalized spacial score (nSPS) is 30.3. The third-order valence-corrected chi connectivity index (χ3v) is 3.66. The molecule has 1 unspecified atom stereocenters. The van der Waals surface area contributed by atoms with E-state index in [0.717, 1.165) is 25.7 Å². The highest BCUT2D eigenvalue weighted by atomic mass is 16.4. The fourth-order valence-corrected chi connectivity index (χ4v) is 2.44. The lowest BCUT2D eigenvalue weighted by Crippen LogP contribution is -2.44. The summed E-state index contributed by atoms with van der Waals surface area (Å²) in [6.45, 7) is 2.14. The van der Waals surface area contributed by atoms with Crippen molar-refractivity contribution < 1.29 is 14.7 Å². The Bertz CT molecular complexity index is 293. The van der Waals surface area contributed by atoms with Gasteiger partial charge in [0, 0.05) is 12.0 Å². The predicted molar refractivity (Wildman–Crippen MR) is 58.8 cm³/mol. The molecule has 2 fully saturated rings. The Hall–Kier alpha value is -1.06. The zero-order chi connectivity index (χ0) is 11.7. The van der Waals surface area contributed by atoms with Gasteiger partial charge in [-0.05, 0) is 37.5 Å². The van der Waals surface area contributed by atoms with Crippen LogP contribution in [0.3, 0.4) is 0 Å². The van der Waals surface area contributed by atoms with Crippen molar-refractivity contribution in [1.29, 1.82) is 0 Å². The van der Waals surface area contributed by atoms with E-state index in [4.69, 9.17) is 5.11 Å². The van der Waals surface area contributed by atoms with Crippen molar-refractivity contribution in [2.45, 2.75) is 45.1 Å². The van der Waals surface area contributed by atoms with Crippen molar-refractivity contribution >= 4 is 11.9 Å². The molecule has 0 aromatic rings. The van der Waals surface area contributed by atoms with E-state index in [0.29, 0.717) is 11.8 Å². The van der Waals surface area contributed by atoms with E-state index >= 15 is 0 Å². The molecule has 4 heteroatoms. The molecule has 2 saturated carbocycles. The van der Waals surface area contributed by atoms with E-state index in [1.807, 2.05) is 0 Å². The largest absolute Gasteiger partial charge is 0.481 e. The summed E-state index contributed by atoms with van der Waals surface area (Å²) in [5.74, 6) is 0.424. The van der Waals surface area contributed by atoms with Crippen molar-refractivity contribution in [3.63, 3.8) is 0 Å². The maximum absolute atomic E-state index is 11.8.